The average Bonchev–Trinajstić information content (AvgIpc) is 3.39. The number of anilines is 3. The first kappa shape index (κ1) is 30.3. The number of aromatic nitrogens is 4. The molecular formula is C28H37F2N9OS. The Bertz CT molecular complexity index is 1340. The number of halogens is 2. The maximum Gasteiger partial charge on any atom is 0.266 e. The number of piperazine rings is 1. The molecule has 3 N–H and O–H groups in total. The number of nitrogens with one attached hydrogen (secondary N) is 1. The van der Waals surface area contributed by atoms with Gasteiger partial charge in [0.2, 0.25) is 5.95 Å². The van der Waals surface area contributed by atoms with Gasteiger partial charge in [0, 0.05) is 56.7 Å². The predicted octanol–water partition coefficient (Wildman–Crippen LogP) is 5.33. The minimum absolute atomic E-state index is 0.0667. The van der Waals surface area contributed by atoms with Crippen molar-refractivity contribution in [1.29, 1.82) is 0 Å². The summed E-state index contributed by atoms with van der Waals surface area (Å²) in [4.78, 5) is 34.7. The fourth-order valence-corrected chi connectivity index (χ4v) is 5.29. The number of nitrogens with zero attached hydrogens (tertiary/aromatic N) is 7. The Morgan fingerprint density at radius 3 is 2.54 bits per heavy atom. The normalized spacial score (nSPS) is 16.3. The van der Waals surface area contributed by atoms with Gasteiger partial charge in [-0.2, -0.15) is 0 Å². The molecule has 4 heterocycles. The number of rotatable bonds is 9. The molecule has 0 aliphatic carbocycles. The van der Waals surface area contributed by atoms with E-state index < -0.39 is 6.43 Å². The number of carbonyl (C=O) groups is 1. The summed E-state index contributed by atoms with van der Waals surface area (Å²) in [5, 5.41) is 7.37. The van der Waals surface area contributed by atoms with E-state index in [1.165, 1.54) is 11.3 Å². The van der Waals surface area contributed by atoms with E-state index in [9.17, 15) is 13.6 Å². The summed E-state index contributed by atoms with van der Waals surface area (Å²) in [6.45, 7) is 9.86. The van der Waals surface area contributed by atoms with E-state index in [-0.39, 0.29) is 22.9 Å². The van der Waals surface area contributed by atoms with E-state index in [0.717, 1.165) is 36.6 Å². The molecular weight excluding hydrogens is 548 g/mol. The van der Waals surface area contributed by atoms with Crippen LogP contribution in [0.3, 0.4) is 0 Å². The van der Waals surface area contributed by atoms with Crippen molar-refractivity contribution >= 4 is 39.8 Å². The third-order valence-electron chi connectivity index (χ3n) is 6.52. The number of allylic oxidation sites excluding steroid dienone is 1. The van der Waals surface area contributed by atoms with Crippen molar-refractivity contribution in [3.8, 4) is 0 Å². The molecule has 1 atom stereocenters. The number of nitrogens with two attached hydrogens (primary N) is 1. The monoisotopic (exact) mass is 585 g/mol. The zero-order valence-electron chi connectivity index (χ0n) is 24.0. The first-order valence-corrected chi connectivity index (χ1v) is 14.4. The first-order chi connectivity index (χ1) is 19.4. The molecule has 0 spiro atoms. The van der Waals surface area contributed by atoms with Crippen molar-refractivity contribution in [2.45, 2.75) is 53.0 Å². The zero-order valence-corrected chi connectivity index (χ0v) is 24.8. The second kappa shape index (κ2) is 12.9. The number of alkyl halides is 2. The number of carbonyl (C=O) groups excluding carboxylic acids is 1. The molecule has 1 saturated heterocycles. The fourth-order valence-electron chi connectivity index (χ4n) is 4.58. The average molecular weight is 586 g/mol. The van der Waals surface area contributed by atoms with E-state index in [4.69, 9.17) is 5.84 Å². The minimum atomic E-state index is -2.61. The first-order valence-electron chi connectivity index (χ1n) is 13.5. The van der Waals surface area contributed by atoms with Crippen molar-refractivity contribution in [3.63, 3.8) is 0 Å². The predicted molar refractivity (Wildman–Crippen MR) is 158 cm³/mol. The third kappa shape index (κ3) is 7.73. The molecule has 1 fully saturated rings. The van der Waals surface area contributed by atoms with E-state index in [2.05, 4.69) is 59.0 Å². The second-order valence-corrected chi connectivity index (χ2v) is 12.0. The van der Waals surface area contributed by atoms with Crippen LogP contribution in [0.2, 0.25) is 0 Å². The van der Waals surface area contributed by atoms with E-state index in [1.807, 2.05) is 15.2 Å². The van der Waals surface area contributed by atoms with E-state index in [0.29, 0.717) is 42.1 Å². The molecule has 4 rings (SSSR count). The van der Waals surface area contributed by atoms with E-state index >= 15 is 0 Å². The summed E-state index contributed by atoms with van der Waals surface area (Å²) >= 11 is 1.44. The van der Waals surface area contributed by atoms with Gasteiger partial charge in [0.25, 0.3) is 12.3 Å². The summed E-state index contributed by atoms with van der Waals surface area (Å²) in [5.41, 5.74) is 1.80. The Morgan fingerprint density at radius 1 is 1.22 bits per heavy atom. The SMILES string of the molecule is CCC[C@H]1CN(c2ncc(C(F)F)cn2)CCN1C(=O)c1ccc(Nc2nc(/C(=C/C(C)(C)C)N(C)N)cs2)nc1. The van der Waals surface area contributed by atoms with Crippen molar-refractivity contribution < 1.29 is 13.6 Å². The van der Waals surface area contributed by atoms with Gasteiger partial charge in [-0.05, 0) is 24.0 Å². The highest BCUT2D eigenvalue weighted by molar-refractivity contribution is 7.13. The third-order valence-corrected chi connectivity index (χ3v) is 7.28. The minimum Gasteiger partial charge on any atom is -0.337 e. The van der Waals surface area contributed by atoms with Crippen LogP contribution in [-0.4, -0.2) is 68.5 Å². The highest BCUT2D eigenvalue weighted by Crippen LogP contribution is 2.29. The van der Waals surface area contributed by atoms with Crippen LogP contribution in [-0.2, 0) is 0 Å². The van der Waals surface area contributed by atoms with Crippen LogP contribution in [0, 0.1) is 5.41 Å². The molecule has 3 aromatic rings. The smallest absolute Gasteiger partial charge is 0.266 e. The topological polar surface area (TPSA) is 116 Å². The van der Waals surface area contributed by atoms with Crippen LogP contribution in [0.1, 0.15) is 68.6 Å². The van der Waals surface area contributed by atoms with Crippen molar-refractivity contribution in [3.05, 3.63) is 59.0 Å². The number of hydrogen-bond donors (Lipinski definition) is 2. The number of pyridine rings is 1. The summed E-state index contributed by atoms with van der Waals surface area (Å²) in [7, 11) is 1.78. The van der Waals surface area contributed by atoms with E-state index in [1.54, 1.807) is 30.4 Å². The van der Waals surface area contributed by atoms with Gasteiger partial charge < -0.3 is 20.1 Å². The van der Waals surface area contributed by atoms with Gasteiger partial charge in [-0.1, -0.05) is 40.2 Å². The van der Waals surface area contributed by atoms with Gasteiger partial charge in [0.1, 0.15) is 11.5 Å². The molecule has 41 heavy (non-hydrogen) atoms. The maximum atomic E-state index is 13.5. The van der Waals surface area contributed by atoms with Crippen molar-refractivity contribution in [2.75, 3.05) is 36.9 Å². The summed E-state index contributed by atoms with van der Waals surface area (Å²) < 4.78 is 25.8. The Balaban J connectivity index is 1.42. The van der Waals surface area contributed by atoms with Gasteiger partial charge in [-0.25, -0.2) is 34.6 Å². The largest absolute Gasteiger partial charge is 0.337 e. The van der Waals surface area contributed by atoms with Crippen molar-refractivity contribution in [1.82, 2.24) is 29.8 Å². The highest BCUT2D eigenvalue weighted by Gasteiger charge is 2.32. The molecule has 3 aromatic heterocycles. The molecule has 0 saturated carbocycles. The molecule has 13 heteroatoms. The lowest BCUT2D eigenvalue weighted by atomic mass is 9.95. The van der Waals surface area contributed by atoms with Crippen LogP contribution in [0.15, 0.2) is 42.2 Å². The van der Waals surface area contributed by atoms with Crippen molar-refractivity contribution in [2.24, 2.45) is 11.3 Å². The Hall–Kier alpha value is -3.71. The quantitative estimate of drug-likeness (QED) is 0.254. The van der Waals surface area contributed by atoms with Gasteiger partial charge in [-0.3, -0.25) is 4.79 Å². The van der Waals surface area contributed by atoms with Crippen LogP contribution in [0.25, 0.3) is 5.70 Å². The van der Waals surface area contributed by atoms with Crippen LogP contribution in [0.5, 0.6) is 0 Å². The summed E-state index contributed by atoms with van der Waals surface area (Å²) in [6, 6.07) is 3.45. The molecule has 0 unspecified atom stereocenters. The van der Waals surface area contributed by atoms with Crippen LogP contribution >= 0.6 is 11.3 Å². The summed E-state index contributed by atoms with van der Waals surface area (Å²) in [5.74, 6) is 6.92. The number of thiazole rings is 1. The van der Waals surface area contributed by atoms with Crippen LogP contribution < -0.4 is 16.1 Å². The lowest BCUT2D eigenvalue weighted by molar-refractivity contribution is 0.0644. The lowest BCUT2D eigenvalue weighted by Crippen LogP contribution is -2.55. The number of hydrazine groups is 1. The summed E-state index contributed by atoms with van der Waals surface area (Å²) in [6.07, 6.45) is 5.03. The molecule has 0 aromatic carbocycles. The fraction of sp³-hybridized carbons (Fsp3) is 0.464. The molecule has 10 nitrogen and oxygen atoms in total. The molecule has 0 bridgehead atoms. The molecule has 1 aliphatic rings. The number of amides is 1. The molecule has 1 amide bonds. The molecule has 0 radical (unpaired) electrons. The van der Waals surface area contributed by atoms with Gasteiger partial charge in [-0.15, -0.1) is 11.3 Å². The Kier molecular flexibility index (Phi) is 9.49. The molecule has 220 valence electrons. The van der Waals surface area contributed by atoms with Gasteiger partial charge in [0.05, 0.1) is 16.8 Å². The second-order valence-electron chi connectivity index (χ2n) is 11.1. The Morgan fingerprint density at radius 2 is 1.95 bits per heavy atom. The lowest BCUT2D eigenvalue weighted by Gasteiger charge is -2.41. The standard InChI is InChI=1S/C28H37F2N9OS/c1-6-7-20-16-38(26-33-14-19(15-34-26)24(29)30)10-11-39(20)25(40)18-8-9-23(32-13-18)36-27-35-21(17-41-27)22(37(5)31)12-28(2,3)4/h8-9,12-15,17,20,24H,6-7,10-11,16,31H2,1-5H3,(H,32,35,36)/b22-12-/t20-/m0/s1. The maximum absolute atomic E-state index is 13.5. The zero-order chi connectivity index (χ0) is 29.7. The van der Waals surface area contributed by atoms with Gasteiger partial charge in [0.15, 0.2) is 5.13 Å². The Labute approximate surface area is 243 Å². The van der Waals surface area contributed by atoms with Crippen LogP contribution in [0.4, 0.5) is 25.7 Å². The molecule has 1 aliphatic heterocycles. The van der Waals surface area contributed by atoms with Gasteiger partial charge >= 0.3 is 0 Å². The number of hydrogen-bond acceptors (Lipinski definition) is 10. The highest BCUT2D eigenvalue weighted by atomic mass is 32.1.